The van der Waals surface area contributed by atoms with Crippen LogP contribution in [-0.4, -0.2) is 13.1 Å². The van der Waals surface area contributed by atoms with Gasteiger partial charge in [0, 0.05) is 6.54 Å². The standard InChI is InChI=1S/C13H25N/c1-2-3-4-5-6-7-8-9-13-10-11-14-12-13/h9,14H,2-8,10-12H2,1H3. The smallest absolute Gasteiger partial charge is 0.0165 e. The zero-order valence-electron chi connectivity index (χ0n) is 9.65. The van der Waals surface area contributed by atoms with Gasteiger partial charge in [-0.2, -0.15) is 0 Å². The molecule has 14 heavy (non-hydrogen) atoms. The Hall–Kier alpha value is -0.300. The molecule has 1 aliphatic rings. The molecule has 1 N–H and O–H groups in total. The van der Waals surface area contributed by atoms with Gasteiger partial charge >= 0.3 is 0 Å². The van der Waals surface area contributed by atoms with Gasteiger partial charge in [-0.05, 0) is 25.8 Å². The van der Waals surface area contributed by atoms with E-state index in [-0.39, 0.29) is 0 Å². The van der Waals surface area contributed by atoms with Crippen molar-refractivity contribution in [1.82, 2.24) is 5.32 Å². The Morgan fingerprint density at radius 1 is 1.14 bits per heavy atom. The molecule has 0 atom stereocenters. The molecule has 1 aliphatic heterocycles. The SMILES string of the molecule is CCCCCCCCC=C1CCNC1. The van der Waals surface area contributed by atoms with Gasteiger partial charge in [-0.3, -0.25) is 0 Å². The van der Waals surface area contributed by atoms with E-state index in [1.807, 2.05) is 0 Å². The number of hydrogen-bond donors (Lipinski definition) is 1. The van der Waals surface area contributed by atoms with Gasteiger partial charge in [-0.1, -0.05) is 50.7 Å². The first-order valence-electron chi connectivity index (χ1n) is 6.32. The fourth-order valence-corrected chi connectivity index (χ4v) is 1.99. The van der Waals surface area contributed by atoms with Crippen LogP contribution in [-0.2, 0) is 0 Å². The largest absolute Gasteiger partial charge is 0.313 e. The Labute approximate surface area is 89.0 Å². The molecule has 0 unspecified atom stereocenters. The van der Waals surface area contributed by atoms with Crippen molar-refractivity contribution in [3.8, 4) is 0 Å². The third-order valence-electron chi connectivity index (χ3n) is 2.97. The monoisotopic (exact) mass is 195 g/mol. The van der Waals surface area contributed by atoms with Crippen molar-refractivity contribution in [2.75, 3.05) is 13.1 Å². The second kappa shape index (κ2) is 8.05. The topological polar surface area (TPSA) is 12.0 Å². The van der Waals surface area contributed by atoms with Crippen LogP contribution in [0.15, 0.2) is 11.6 Å². The molecule has 1 heterocycles. The van der Waals surface area contributed by atoms with Crippen molar-refractivity contribution >= 4 is 0 Å². The van der Waals surface area contributed by atoms with Gasteiger partial charge in [0.25, 0.3) is 0 Å². The van der Waals surface area contributed by atoms with Crippen LogP contribution in [0.2, 0.25) is 0 Å². The summed E-state index contributed by atoms with van der Waals surface area (Å²) in [7, 11) is 0. The number of rotatable bonds is 7. The molecule has 0 radical (unpaired) electrons. The van der Waals surface area contributed by atoms with E-state index >= 15 is 0 Å². The first kappa shape index (κ1) is 11.8. The minimum absolute atomic E-state index is 1.15. The van der Waals surface area contributed by atoms with E-state index in [1.54, 1.807) is 5.57 Å². The summed E-state index contributed by atoms with van der Waals surface area (Å²) in [6.45, 7) is 4.62. The molecule has 0 spiro atoms. The lowest BCUT2D eigenvalue weighted by Gasteiger charge is -1.99. The number of unbranched alkanes of at least 4 members (excludes halogenated alkanes) is 6. The lowest BCUT2D eigenvalue weighted by atomic mass is 10.1. The molecule has 82 valence electrons. The zero-order valence-corrected chi connectivity index (χ0v) is 9.65. The van der Waals surface area contributed by atoms with Crippen molar-refractivity contribution in [3.63, 3.8) is 0 Å². The van der Waals surface area contributed by atoms with Crippen molar-refractivity contribution in [1.29, 1.82) is 0 Å². The van der Waals surface area contributed by atoms with Crippen LogP contribution in [0.4, 0.5) is 0 Å². The summed E-state index contributed by atoms with van der Waals surface area (Å²) in [5.74, 6) is 0. The van der Waals surface area contributed by atoms with Crippen molar-refractivity contribution in [3.05, 3.63) is 11.6 Å². The molecule has 0 saturated carbocycles. The summed E-state index contributed by atoms with van der Waals surface area (Å²) in [4.78, 5) is 0. The third-order valence-corrected chi connectivity index (χ3v) is 2.97. The van der Waals surface area contributed by atoms with E-state index in [1.165, 1.54) is 57.9 Å². The van der Waals surface area contributed by atoms with E-state index in [4.69, 9.17) is 0 Å². The number of hydrogen-bond acceptors (Lipinski definition) is 1. The Morgan fingerprint density at radius 3 is 2.64 bits per heavy atom. The van der Waals surface area contributed by atoms with Crippen LogP contribution >= 0.6 is 0 Å². The molecular formula is C13H25N. The maximum Gasteiger partial charge on any atom is 0.0165 e. The maximum absolute atomic E-state index is 3.37. The van der Waals surface area contributed by atoms with Crippen LogP contribution in [0, 0.1) is 0 Å². The first-order valence-corrected chi connectivity index (χ1v) is 6.32. The summed E-state index contributed by atoms with van der Waals surface area (Å²) >= 11 is 0. The number of allylic oxidation sites excluding steroid dienone is 1. The molecule has 0 aromatic heterocycles. The van der Waals surface area contributed by atoms with Gasteiger partial charge in [0.1, 0.15) is 0 Å². The van der Waals surface area contributed by atoms with Crippen LogP contribution in [0.3, 0.4) is 0 Å². The maximum atomic E-state index is 3.37. The van der Waals surface area contributed by atoms with Gasteiger partial charge in [-0.25, -0.2) is 0 Å². The lowest BCUT2D eigenvalue weighted by Crippen LogP contribution is -2.04. The van der Waals surface area contributed by atoms with E-state index in [2.05, 4.69) is 18.3 Å². The predicted octanol–water partition coefficient (Wildman–Crippen LogP) is 3.66. The molecule has 1 rings (SSSR count). The van der Waals surface area contributed by atoms with Crippen molar-refractivity contribution < 1.29 is 0 Å². The summed E-state index contributed by atoms with van der Waals surface area (Å²) in [6, 6.07) is 0. The molecule has 0 bridgehead atoms. The van der Waals surface area contributed by atoms with Gasteiger partial charge in [0.05, 0.1) is 0 Å². The predicted molar refractivity (Wildman–Crippen MR) is 63.6 cm³/mol. The van der Waals surface area contributed by atoms with Gasteiger partial charge in [-0.15, -0.1) is 0 Å². The van der Waals surface area contributed by atoms with Gasteiger partial charge in [0.15, 0.2) is 0 Å². The van der Waals surface area contributed by atoms with Gasteiger partial charge < -0.3 is 5.32 Å². The summed E-state index contributed by atoms with van der Waals surface area (Å²) in [5.41, 5.74) is 1.64. The van der Waals surface area contributed by atoms with Gasteiger partial charge in [0.2, 0.25) is 0 Å². The van der Waals surface area contributed by atoms with Crippen molar-refractivity contribution in [2.24, 2.45) is 0 Å². The molecular weight excluding hydrogens is 170 g/mol. The second-order valence-electron chi connectivity index (χ2n) is 4.35. The average molecular weight is 195 g/mol. The molecule has 1 fully saturated rings. The minimum atomic E-state index is 1.15. The fraction of sp³-hybridized carbons (Fsp3) is 0.846. The van der Waals surface area contributed by atoms with Crippen LogP contribution < -0.4 is 5.32 Å². The molecule has 0 aromatic rings. The zero-order chi connectivity index (χ0) is 10.1. The molecule has 0 amide bonds. The van der Waals surface area contributed by atoms with E-state index in [0.717, 1.165) is 6.54 Å². The summed E-state index contributed by atoms with van der Waals surface area (Å²) in [6.07, 6.45) is 13.5. The summed E-state index contributed by atoms with van der Waals surface area (Å²) < 4.78 is 0. The number of nitrogens with one attached hydrogen (secondary N) is 1. The Bertz CT molecular complexity index is 153. The normalized spacial score (nSPS) is 19.4. The first-order chi connectivity index (χ1) is 6.93. The van der Waals surface area contributed by atoms with E-state index < -0.39 is 0 Å². The Kier molecular flexibility index (Phi) is 6.77. The highest BCUT2D eigenvalue weighted by Gasteiger charge is 2.03. The van der Waals surface area contributed by atoms with Crippen LogP contribution in [0.1, 0.15) is 58.3 Å². The average Bonchev–Trinajstić information content (AvgIpc) is 2.69. The molecule has 1 nitrogen and oxygen atoms in total. The molecule has 0 aliphatic carbocycles. The quantitative estimate of drug-likeness (QED) is 0.483. The Morgan fingerprint density at radius 2 is 1.93 bits per heavy atom. The van der Waals surface area contributed by atoms with Crippen LogP contribution in [0.25, 0.3) is 0 Å². The minimum Gasteiger partial charge on any atom is -0.313 e. The second-order valence-corrected chi connectivity index (χ2v) is 4.35. The van der Waals surface area contributed by atoms with Crippen molar-refractivity contribution in [2.45, 2.75) is 58.3 Å². The lowest BCUT2D eigenvalue weighted by molar-refractivity contribution is 0.610. The van der Waals surface area contributed by atoms with Crippen LogP contribution in [0.5, 0.6) is 0 Å². The highest BCUT2D eigenvalue weighted by molar-refractivity contribution is 5.08. The third kappa shape index (κ3) is 5.43. The molecule has 1 saturated heterocycles. The summed E-state index contributed by atoms with van der Waals surface area (Å²) in [5, 5.41) is 3.37. The molecule has 1 heteroatoms. The van der Waals surface area contributed by atoms with E-state index in [9.17, 15) is 0 Å². The van der Waals surface area contributed by atoms with E-state index in [0.29, 0.717) is 0 Å². The highest BCUT2D eigenvalue weighted by Crippen LogP contribution is 2.11. The molecule has 0 aromatic carbocycles. The fourth-order valence-electron chi connectivity index (χ4n) is 1.99. The Balaban J connectivity index is 1.86. The highest BCUT2D eigenvalue weighted by atomic mass is 14.9.